The average molecular weight is 200 g/mol. The molecule has 1 aliphatic rings. The second-order valence-electron chi connectivity index (χ2n) is 4.87. The molecule has 3 atom stereocenters. The van der Waals surface area contributed by atoms with Crippen LogP contribution in [-0.4, -0.2) is 41.1 Å². The van der Waals surface area contributed by atoms with Crippen LogP contribution in [0.3, 0.4) is 0 Å². The van der Waals surface area contributed by atoms with E-state index < -0.39 is 11.5 Å². The molecule has 1 aliphatic heterocycles. The maximum Gasteiger partial charge on any atom is 0.324 e. The first-order valence-electron chi connectivity index (χ1n) is 5.07. The Kier molecular flexibility index (Phi) is 3.17. The standard InChI is InChI=1S/C10H20N2O2/c1-7-4-12(5-8(7)2)6-10(3,11)9(13)14/h7-8H,4-6,11H2,1-3H3,(H,13,14). The molecule has 4 heteroatoms. The summed E-state index contributed by atoms with van der Waals surface area (Å²) in [5.41, 5.74) is 4.57. The van der Waals surface area contributed by atoms with E-state index in [1.54, 1.807) is 6.92 Å². The van der Waals surface area contributed by atoms with Gasteiger partial charge in [-0.25, -0.2) is 0 Å². The van der Waals surface area contributed by atoms with Crippen molar-refractivity contribution in [3.8, 4) is 0 Å². The Hall–Kier alpha value is -0.610. The molecular formula is C10H20N2O2. The van der Waals surface area contributed by atoms with E-state index in [1.165, 1.54) is 0 Å². The Balaban J connectivity index is 2.50. The van der Waals surface area contributed by atoms with E-state index in [2.05, 4.69) is 18.7 Å². The van der Waals surface area contributed by atoms with E-state index in [-0.39, 0.29) is 0 Å². The second-order valence-corrected chi connectivity index (χ2v) is 4.87. The fourth-order valence-electron chi connectivity index (χ4n) is 1.91. The van der Waals surface area contributed by atoms with Crippen LogP contribution < -0.4 is 5.73 Å². The van der Waals surface area contributed by atoms with Gasteiger partial charge in [0.2, 0.25) is 0 Å². The van der Waals surface area contributed by atoms with Crippen molar-refractivity contribution < 1.29 is 9.90 Å². The summed E-state index contributed by atoms with van der Waals surface area (Å²) in [6, 6.07) is 0. The van der Waals surface area contributed by atoms with Gasteiger partial charge in [-0.2, -0.15) is 0 Å². The van der Waals surface area contributed by atoms with Crippen molar-refractivity contribution in [1.29, 1.82) is 0 Å². The smallest absolute Gasteiger partial charge is 0.324 e. The van der Waals surface area contributed by atoms with Crippen LogP contribution in [-0.2, 0) is 4.79 Å². The minimum atomic E-state index is -1.12. The average Bonchev–Trinajstić information content (AvgIpc) is 2.29. The third-order valence-corrected chi connectivity index (χ3v) is 3.10. The predicted molar refractivity (Wildman–Crippen MR) is 55.0 cm³/mol. The molecule has 0 aromatic heterocycles. The molecule has 3 N–H and O–H groups in total. The van der Waals surface area contributed by atoms with Gasteiger partial charge >= 0.3 is 5.97 Å². The number of hydrogen-bond acceptors (Lipinski definition) is 3. The van der Waals surface area contributed by atoms with Crippen molar-refractivity contribution in [2.24, 2.45) is 17.6 Å². The van der Waals surface area contributed by atoms with Crippen molar-refractivity contribution in [2.45, 2.75) is 26.3 Å². The van der Waals surface area contributed by atoms with E-state index in [1.807, 2.05) is 0 Å². The van der Waals surface area contributed by atoms with Crippen LogP contribution in [0.1, 0.15) is 20.8 Å². The van der Waals surface area contributed by atoms with E-state index in [4.69, 9.17) is 10.8 Å². The zero-order valence-corrected chi connectivity index (χ0v) is 9.16. The Bertz CT molecular complexity index is 218. The quantitative estimate of drug-likeness (QED) is 0.691. The zero-order chi connectivity index (χ0) is 10.9. The Morgan fingerprint density at radius 2 is 1.93 bits per heavy atom. The third-order valence-electron chi connectivity index (χ3n) is 3.10. The summed E-state index contributed by atoms with van der Waals surface area (Å²) in [6.07, 6.45) is 0. The highest BCUT2D eigenvalue weighted by atomic mass is 16.4. The normalized spacial score (nSPS) is 32.9. The lowest BCUT2D eigenvalue weighted by molar-refractivity contribution is -0.143. The highest BCUT2D eigenvalue weighted by Crippen LogP contribution is 2.23. The molecule has 3 unspecified atom stereocenters. The topological polar surface area (TPSA) is 66.6 Å². The molecule has 0 aromatic carbocycles. The first kappa shape index (κ1) is 11.5. The summed E-state index contributed by atoms with van der Waals surface area (Å²) in [5.74, 6) is 0.351. The van der Waals surface area contributed by atoms with Crippen LogP contribution in [0.5, 0.6) is 0 Å². The van der Waals surface area contributed by atoms with E-state index in [0.717, 1.165) is 13.1 Å². The first-order chi connectivity index (χ1) is 6.33. The fraction of sp³-hybridized carbons (Fsp3) is 0.900. The highest BCUT2D eigenvalue weighted by molar-refractivity contribution is 5.78. The van der Waals surface area contributed by atoms with Crippen molar-refractivity contribution in [1.82, 2.24) is 4.90 Å². The minimum absolute atomic E-state index is 0.441. The second kappa shape index (κ2) is 3.87. The number of aliphatic carboxylic acids is 1. The summed E-state index contributed by atoms with van der Waals surface area (Å²) in [6.45, 7) is 8.32. The van der Waals surface area contributed by atoms with Gasteiger partial charge in [-0.3, -0.25) is 4.79 Å². The fourth-order valence-corrected chi connectivity index (χ4v) is 1.91. The molecule has 1 rings (SSSR count). The number of likely N-dealkylation sites (tertiary alicyclic amines) is 1. The molecule has 1 heterocycles. The number of nitrogens with two attached hydrogens (primary N) is 1. The van der Waals surface area contributed by atoms with Gasteiger partial charge in [-0.05, 0) is 18.8 Å². The van der Waals surface area contributed by atoms with Gasteiger partial charge in [0.05, 0.1) is 0 Å². The van der Waals surface area contributed by atoms with Crippen molar-refractivity contribution in [3.05, 3.63) is 0 Å². The molecule has 0 bridgehead atoms. The molecule has 82 valence electrons. The summed E-state index contributed by atoms with van der Waals surface area (Å²) in [4.78, 5) is 13.0. The van der Waals surface area contributed by atoms with Crippen molar-refractivity contribution >= 4 is 5.97 Å². The zero-order valence-electron chi connectivity index (χ0n) is 9.16. The third kappa shape index (κ3) is 2.45. The summed E-state index contributed by atoms with van der Waals surface area (Å²) in [5, 5.41) is 8.88. The number of rotatable bonds is 3. The van der Waals surface area contributed by atoms with Gasteiger partial charge < -0.3 is 15.7 Å². The van der Waals surface area contributed by atoms with Gasteiger partial charge in [0.15, 0.2) is 0 Å². The van der Waals surface area contributed by atoms with Crippen LogP contribution in [0.15, 0.2) is 0 Å². The van der Waals surface area contributed by atoms with Crippen molar-refractivity contribution in [2.75, 3.05) is 19.6 Å². The molecule has 0 aliphatic carbocycles. The molecule has 0 aromatic rings. The molecule has 14 heavy (non-hydrogen) atoms. The van der Waals surface area contributed by atoms with E-state index in [0.29, 0.717) is 18.4 Å². The molecule has 0 spiro atoms. The number of carboxylic acids is 1. The summed E-state index contributed by atoms with van der Waals surface area (Å²) in [7, 11) is 0. The molecular weight excluding hydrogens is 180 g/mol. The van der Waals surface area contributed by atoms with Gasteiger partial charge in [-0.15, -0.1) is 0 Å². The van der Waals surface area contributed by atoms with Gasteiger partial charge in [-0.1, -0.05) is 13.8 Å². The lowest BCUT2D eigenvalue weighted by Crippen LogP contribution is -2.53. The minimum Gasteiger partial charge on any atom is -0.480 e. The van der Waals surface area contributed by atoms with Crippen LogP contribution in [0, 0.1) is 11.8 Å². The van der Waals surface area contributed by atoms with Crippen LogP contribution in [0.25, 0.3) is 0 Å². The largest absolute Gasteiger partial charge is 0.480 e. The van der Waals surface area contributed by atoms with E-state index in [9.17, 15) is 4.79 Å². The van der Waals surface area contributed by atoms with Gasteiger partial charge in [0.25, 0.3) is 0 Å². The van der Waals surface area contributed by atoms with Gasteiger partial charge in [0.1, 0.15) is 5.54 Å². The Labute approximate surface area is 85.1 Å². The first-order valence-corrected chi connectivity index (χ1v) is 5.07. The lowest BCUT2D eigenvalue weighted by atomic mass is 10.0. The summed E-state index contributed by atoms with van der Waals surface area (Å²) < 4.78 is 0. The maximum atomic E-state index is 10.8. The Morgan fingerprint density at radius 3 is 2.29 bits per heavy atom. The SMILES string of the molecule is CC1CN(CC(C)(N)C(=O)O)CC1C. The van der Waals surface area contributed by atoms with Gasteiger partial charge in [0, 0.05) is 19.6 Å². The lowest BCUT2D eigenvalue weighted by Gasteiger charge is -2.26. The molecule has 1 fully saturated rings. The monoisotopic (exact) mass is 200 g/mol. The highest BCUT2D eigenvalue weighted by Gasteiger charge is 2.34. The molecule has 0 saturated carbocycles. The van der Waals surface area contributed by atoms with Crippen LogP contribution in [0.2, 0.25) is 0 Å². The Morgan fingerprint density at radius 1 is 1.50 bits per heavy atom. The predicted octanol–water partition coefficient (Wildman–Crippen LogP) is 0.376. The number of nitrogens with zero attached hydrogens (tertiary/aromatic N) is 1. The number of carbonyl (C=O) groups is 1. The number of carboxylic acid groups (broad SMARTS) is 1. The van der Waals surface area contributed by atoms with Crippen LogP contribution >= 0.6 is 0 Å². The molecule has 0 amide bonds. The summed E-state index contributed by atoms with van der Waals surface area (Å²) >= 11 is 0. The maximum absolute atomic E-state index is 10.8. The molecule has 1 saturated heterocycles. The number of hydrogen-bond donors (Lipinski definition) is 2. The van der Waals surface area contributed by atoms with Crippen LogP contribution in [0.4, 0.5) is 0 Å². The van der Waals surface area contributed by atoms with E-state index >= 15 is 0 Å². The molecule has 0 radical (unpaired) electrons. The molecule has 4 nitrogen and oxygen atoms in total. The van der Waals surface area contributed by atoms with Crippen molar-refractivity contribution in [3.63, 3.8) is 0 Å².